The summed E-state index contributed by atoms with van der Waals surface area (Å²) in [5.74, 6) is 0.470. The predicted molar refractivity (Wildman–Crippen MR) is 82.6 cm³/mol. The Labute approximate surface area is 126 Å². The number of aromatic nitrogens is 3. The summed E-state index contributed by atoms with van der Waals surface area (Å²) in [5.41, 5.74) is 13.2. The SMILES string of the molecule is COc1ccc(Cn2cc(C(N)=O)c3c(N)ncnc32)cc1. The molecule has 2 heterocycles. The highest BCUT2D eigenvalue weighted by atomic mass is 16.5. The van der Waals surface area contributed by atoms with Gasteiger partial charge in [-0.15, -0.1) is 0 Å². The van der Waals surface area contributed by atoms with Crippen molar-refractivity contribution in [3.8, 4) is 5.75 Å². The van der Waals surface area contributed by atoms with Crippen molar-refractivity contribution in [3.63, 3.8) is 0 Å². The van der Waals surface area contributed by atoms with Crippen LogP contribution in [0.4, 0.5) is 5.82 Å². The number of hydrogen-bond donors (Lipinski definition) is 2. The van der Waals surface area contributed by atoms with Gasteiger partial charge in [0.15, 0.2) is 0 Å². The molecule has 7 heteroatoms. The molecular formula is C15H15N5O2. The molecule has 0 fully saturated rings. The van der Waals surface area contributed by atoms with Gasteiger partial charge in [-0.25, -0.2) is 9.97 Å². The van der Waals surface area contributed by atoms with Crippen molar-refractivity contribution in [1.29, 1.82) is 0 Å². The number of nitrogens with zero attached hydrogens (tertiary/aromatic N) is 3. The molecule has 3 aromatic rings. The van der Waals surface area contributed by atoms with Crippen molar-refractivity contribution in [2.75, 3.05) is 12.8 Å². The number of hydrogen-bond acceptors (Lipinski definition) is 5. The standard InChI is InChI=1S/C15H15N5O2/c1-22-10-4-2-9(3-5-10)6-20-7-11(14(17)21)12-13(16)18-8-19-15(12)20/h2-5,7-8H,6H2,1H3,(H2,17,21)(H2,16,18,19). The summed E-state index contributed by atoms with van der Waals surface area (Å²) in [6, 6.07) is 7.64. The monoisotopic (exact) mass is 297 g/mol. The number of fused-ring (bicyclic) bond motifs is 1. The smallest absolute Gasteiger partial charge is 0.251 e. The van der Waals surface area contributed by atoms with Crippen LogP contribution in [0.2, 0.25) is 0 Å². The van der Waals surface area contributed by atoms with Gasteiger partial charge in [-0.2, -0.15) is 0 Å². The van der Waals surface area contributed by atoms with Crippen LogP contribution in [0, 0.1) is 0 Å². The maximum Gasteiger partial charge on any atom is 0.251 e. The van der Waals surface area contributed by atoms with Gasteiger partial charge in [-0.05, 0) is 17.7 Å². The quantitative estimate of drug-likeness (QED) is 0.751. The van der Waals surface area contributed by atoms with Crippen LogP contribution in [0.25, 0.3) is 11.0 Å². The number of nitrogens with two attached hydrogens (primary N) is 2. The molecule has 0 aliphatic carbocycles. The Morgan fingerprint density at radius 2 is 2.00 bits per heavy atom. The lowest BCUT2D eigenvalue weighted by molar-refractivity contribution is 0.100. The van der Waals surface area contributed by atoms with E-state index in [1.807, 2.05) is 28.8 Å². The Kier molecular flexibility index (Phi) is 3.38. The van der Waals surface area contributed by atoms with E-state index in [0.29, 0.717) is 23.1 Å². The summed E-state index contributed by atoms with van der Waals surface area (Å²) in [6.07, 6.45) is 3.02. The average Bonchev–Trinajstić information content (AvgIpc) is 2.89. The molecule has 0 aliphatic rings. The highest BCUT2D eigenvalue weighted by Crippen LogP contribution is 2.24. The molecule has 0 atom stereocenters. The zero-order valence-electron chi connectivity index (χ0n) is 12.0. The van der Waals surface area contributed by atoms with Crippen LogP contribution in [0.1, 0.15) is 15.9 Å². The predicted octanol–water partition coefficient (Wildman–Crippen LogP) is 1.17. The molecule has 0 radical (unpaired) electrons. The van der Waals surface area contributed by atoms with E-state index in [1.54, 1.807) is 13.3 Å². The lowest BCUT2D eigenvalue weighted by Gasteiger charge is -2.06. The Hall–Kier alpha value is -3.09. The number of primary amides is 1. The van der Waals surface area contributed by atoms with Gasteiger partial charge in [0.25, 0.3) is 5.91 Å². The van der Waals surface area contributed by atoms with Crippen molar-refractivity contribution in [3.05, 3.63) is 47.9 Å². The number of anilines is 1. The minimum absolute atomic E-state index is 0.243. The maximum absolute atomic E-state index is 11.6. The highest BCUT2D eigenvalue weighted by Gasteiger charge is 2.17. The largest absolute Gasteiger partial charge is 0.497 e. The van der Waals surface area contributed by atoms with Crippen LogP contribution >= 0.6 is 0 Å². The maximum atomic E-state index is 11.6. The second-order valence-electron chi connectivity index (χ2n) is 4.84. The summed E-state index contributed by atoms with van der Waals surface area (Å²) < 4.78 is 6.96. The molecule has 0 saturated heterocycles. The van der Waals surface area contributed by atoms with Gasteiger partial charge in [0.1, 0.15) is 23.5 Å². The van der Waals surface area contributed by atoms with Crippen molar-refractivity contribution >= 4 is 22.8 Å². The number of amides is 1. The zero-order valence-corrected chi connectivity index (χ0v) is 12.0. The van der Waals surface area contributed by atoms with Crippen LogP contribution in [-0.2, 0) is 6.54 Å². The molecule has 3 rings (SSSR count). The van der Waals surface area contributed by atoms with Gasteiger partial charge in [0.2, 0.25) is 0 Å². The van der Waals surface area contributed by atoms with Gasteiger partial charge in [0, 0.05) is 12.7 Å². The minimum Gasteiger partial charge on any atom is -0.497 e. The molecular weight excluding hydrogens is 282 g/mol. The second-order valence-corrected chi connectivity index (χ2v) is 4.84. The van der Waals surface area contributed by atoms with Gasteiger partial charge in [-0.1, -0.05) is 12.1 Å². The van der Waals surface area contributed by atoms with Crippen molar-refractivity contribution in [2.24, 2.45) is 5.73 Å². The topological polar surface area (TPSA) is 109 Å². The molecule has 0 saturated carbocycles. The number of nitrogen functional groups attached to an aromatic ring is 1. The zero-order chi connectivity index (χ0) is 15.7. The molecule has 0 unspecified atom stereocenters. The normalized spacial score (nSPS) is 10.8. The molecule has 112 valence electrons. The third-order valence-electron chi connectivity index (χ3n) is 3.46. The van der Waals surface area contributed by atoms with E-state index in [9.17, 15) is 4.79 Å². The van der Waals surface area contributed by atoms with E-state index in [4.69, 9.17) is 16.2 Å². The molecule has 1 amide bonds. The van der Waals surface area contributed by atoms with E-state index >= 15 is 0 Å². The van der Waals surface area contributed by atoms with E-state index in [0.717, 1.165) is 11.3 Å². The number of rotatable bonds is 4. The summed E-state index contributed by atoms with van der Waals surface area (Å²) in [7, 11) is 1.62. The van der Waals surface area contributed by atoms with E-state index < -0.39 is 5.91 Å². The molecule has 0 aliphatic heterocycles. The number of benzene rings is 1. The first kappa shape index (κ1) is 13.9. The van der Waals surface area contributed by atoms with Crippen LogP contribution < -0.4 is 16.2 Å². The van der Waals surface area contributed by atoms with Gasteiger partial charge in [0.05, 0.1) is 18.1 Å². The van der Waals surface area contributed by atoms with E-state index in [1.165, 1.54) is 6.33 Å². The van der Waals surface area contributed by atoms with Crippen LogP contribution in [0.15, 0.2) is 36.8 Å². The lowest BCUT2D eigenvalue weighted by Crippen LogP contribution is -2.11. The third-order valence-corrected chi connectivity index (χ3v) is 3.46. The van der Waals surface area contributed by atoms with Gasteiger partial charge in [-0.3, -0.25) is 4.79 Å². The Morgan fingerprint density at radius 3 is 2.64 bits per heavy atom. The second kappa shape index (κ2) is 5.36. The number of carbonyl (C=O) groups excluding carboxylic acids is 1. The number of carbonyl (C=O) groups is 1. The Morgan fingerprint density at radius 1 is 1.27 bits per heavy atom. The molecule has 0 bridgehead atoms. The highest BCUT2D eigenvalue weighted by molar-refractivity contribution is 6.08. The summed E-state index contributed by atoms with van der Waals surface area (Å²) in [5, 5.41) is 0.489. The summed E-state index contributed by atoms with van der Waals surface area (Å²) in [6.45, 7) is 0.532. The fraction of sp³-hybridized carbons (Fsp3) is 0.133. The Balaban J connectivity index is 2.06. The first-order chi connectivity index (χ1) is 10.6. The summed E-state index contributed by atoms with van der Waals surface area (Å²) >= 11 is 0. The molecule has 22 heavy (non-hydrogen) atoms. The molecule has 0 spiro atoms. The van der Waals surface area contributed by atoms with E-state index in [2.05, 4.69) is 9.97 Å². The number of methoxy groups -OCH3 is 1. The fourth-order valence-electron chi connectivity index (χ4n) is 2.38. The van der Waals surface area contributed by atoms with Crippen molar-refractivity contribution in [2.45, 2.75) is 6.54 Å². The van der Waals surface area contributed by atoms with Gasteiger partial charge >= 0.3 is 0 Å². The third kappa shape index (κ3) is 2.32. The molecule has 4 N–H and O–H groups in total. The minimum atomic E-state index is -0.556. The van der Waals surface area contributed by atoms with Crippen LogP contribution in [0.5, 0.6) is 5.75 Å². The van der Waals surface area contributed by atoms with Gasteiger partial charge < -0.3 is 20.8 Å². The van der Waals surface area contributed by atoms with Crippen molar-refractivity contribution < 1.29 is 9.53 Å². The molecule has 1 aromatic carbocycles. The molecule has 2 aromatic heterocycles. The average molecular weight is 297 g/mol. The molecule has 7 nitrogen and oxygen atoms in total. The first-order valence-corrected chi connectivity index (χ1v) is 6.62. The van der Waals surface area contributed by atoms with E-state index in [-0.39, 0.29) is 5.82 Å². The Bertz CT molecular complexity index is 839. The van der Waals surface area contributed by atoms with Crippen LogP contribution in [0.3, 0.4) is 0 Å². The fourth-order valence-corrected chi connectivity index (χ4v) is 2.38. The van der Waals surface area contributed by atoms with Crippen LogP contribution in [-0.4, -0.2) is 27.6 Å². The summed E-state index contributed by atoms with van der Waals surface area (Å²) in [4.78, 5) is 19.7. The lowest BCUT2D eigenvalue weighted by atomic mass is 10.2. The number of ether oxygens (including phenoxy) is 1. The van der Waals surface area contributed by atoms with Crippen molar-refractivity contribution in [1.82, 2.24) is 14.5 Å². The first-order valence-electron chi connectivity index (χ1n) is 6.62.